The number of nitrogens with zero attached hydrogens (tertiary/aromatic N) is 2. The number of oxazole rings is 1. The third-order valence-corrected chi connectivity index (χ3v) is 5.14. The van der Waals surface area contributed by atoms with Gasteiger partial charge >= 0.3 is 5.97 Å². The molecule has 0 bridgehead atoms. The first-order chi connectivity index (χ1) is 14.5. The van der Waals surface area contributed by atoms with E-state index in [0.717, 1.165) is 27.9 Å². The highest BCUT2D eigenvalue weighted by Gasteiger charge is 2.19. The van der Waals surface area contributed by atoms with Crippen LogP contribution in [0.4, 0.5) is 5.69 Å². The van der Waals surface area contributed by atoms with E-state index in [2.05, 4.69) is 15.8 Å². The van der Waals surface area contributed by atoms with Gasteiger partial charge in [0.25, 0.3) is 0 Å². The minimum atomic E-state index is -0.277. The van der Waals surface area contributed by atoms with E-state index in [4.69, 9.17) is 4.42 Å². The number of carbonyl (C=O) groups is 2. The van der Waals surface area contributed by atoms with Gasteiger partial charge < -0.3 is 14.1 Å². The van der Waals surface area contributed by atoms with E-state index < -0.39 is 0 Å². The van der Waals surface area contributed by atoms with Crippen LogP contribution in [0, 0.1) is 0 Å². The van der Waals surface area contributed by atoms with Crippen LogP contribution in [0.25, 0.3) is 23.6 Å². The third kappa shape index (κ3) is 4.03. The van der Waals surface area contributed by atoms with Crippen molar-refractivity contribution in [2.75, 3.05) is 12.0 Å². The molecule has 1 amide bonds. The van der Waals surface area contributed by atoms with Crippen molar-refractivity contribution in [3.05, 3.63) is 71.1 Å². The van der Waals surface area contributed by atoms with E-state index in [-0.39, 0.29) is 18.3 Å². The highest BCUT2D eigenvalue weighted by molar-refractivity contribution is 5.95. The second-order valence-corrected chi connectivity index (χ2v) is 7.13. The minimum Gasteiger partial charge on any atom is -0.469 e. The number of esters is 1. The molecule has 1 aliphatic heterocycles. The second kappa shape index (κ2) is 8.37. The number of rotatable bonds is 4. The molecule has 0 saturated heterocycles. The number of para-hydroxylation sites is 1. The Morgan fingerprint density at radius 3 is 2.73 bits per heavy atom. The number of methoxy groups -OCH3 is 1. The van der Waals surface area contributed by atoms with Gasteiger partial charge in [0.2, 0.25) is 11.8 Å². The summed E-state index contributed by atoms with van der Waals surface area (Å²) >= 11 is 0. The summed E-state index contributed by atoms with van der Waals surface area (Å²) in [6, 6.07) is 13.8. The van der Waals surface area contributed by atoms with Crippen molar-refractivity contribution in [3.8, 4) is 11.5 Å². The number of hydrogen-bond donors (Lipinski definition) is 0. The molecular weight excluding hydrogens is 380 g/mol. The number of fused-ring (bicyclic) bond motifs is 2. The number of anilines is 1. The summed E-state index contributed by atoms with van der Waals surface area (Å²) < 4.78 is 10.3. The van der Waals surface area contributed by atoms with Crippen LogP contribution in [0.2, 0.25) is 0 Å². The maximum absolute atomic E-state index is 12.3. The fourth-order valence-corrected chi connectivity index (χ4v) is 3.50. The molecule has 30 heavy (non-hydrogen) atoms. The third-order valence-electron chi connectivity index (χ3n) is 5.14. The molecule has 0 radical (unpaired) electrons. The molecule has 4 rings (SSSR count). The molecule has 2 aromatic carbocycles. The summed E-state index contributed by atoms with van der Waals surface area (Å²) in [4.78, 5) is 29.9. The van der Waals surface area contributed by atoms with Crippen molar-refractivity contribution in [1.82, 2.24) is 4.98 Å². The predicted molar refractivity (Wildman–Crippen MR) is 115 cm³/mol. The van der Waals surface area contributed by atoms with Crippen LogP contribution in [0.5, 0.6) is 0 Å². The van der Waals surface area contributed by atoms with Gasteiger partial charge in [-0.15, -0.1) is 0 Å². The molecule has 6 nitrogen and oxygen atoms in total. The highest BCUT2D eigenvalue weighted by Crippen LogP contribution is 2.31. The number of benzene rings is 2. The van der Waals surface area contributed by atoms with Crippen molar-refractivity contribution >= 4 is 29.7 Å². The molecule has 1 aromatic heterocycles. The molecule has 0 fully saturated rings. The lowest BCUT2D eigenvalue weighted by Gasteiger charge is -2.26. The molecule has 0 N–H and O–H groups in total. The number of carbonyl (C=O) groups excluding carboxylic acids is 2. The quantitative estimate of drug-likeness (QED) is 0.602. The Morgan fingerprint density at radius 1 is 1.13 bits per heavy atom. The summed E-state index contributed by atoms with van der Waals surface area (Å²) in [5.41, 5.74) is 5.48. The summed E-state index contributed by atoms with van der Waals surface area (Å²) in [7, 11) is 1.37. The van der Waals surface area contributed by atoms with Crippen LogP contribution >= 0.6 is 0 Å². The lowest BCUT2D eigenvalue weighted by Crippen LogP contribution is -2.29. The molecule has 6 heteroatoms. The summed E-state index contributed by atoms with van der Waals surface area (Å²) in [6.07, 6.45) is 6.36. The number of amides is 1. The molecule has 1 aliphatic rings. The Balaban J connectivity index is 1.65. The van der Waals surface area contributed by atoms with Gasteiger partial charge in [0, 0.05) is 18.9 Å². The summed E-state index contributed by atoms with van der Waals surface area (Å²) in [5.74, 6) is 0.216. The average Bonchev–Trinajstić information content (AvgIpc) is 3.22. The van der Waals surface area contributed by atoms with Crippen molar-refractivity contribution < 1.29 is 18.7 Å². The Hall–Kier alpha value is -3.67. The Morgan fingerprint density at radius 2 is 1.93 bits per heavy atom. The molecule has 0 unspecified atom stereocenters. The Labute approximate surface area is 174 Å². The molecule has 2 heterocycles. The number of hydrogen-bond acceptors (Lipinski definition) is 5. The molecule has 0 saturated carbocycles. The lowest BCUT2D eigenvalue weighted by molar-refractivity contribution is -0.140. The molecule has 0 atom stereocenters. The zero-order chi connectivity index (χ0) is 21.1. The number of ether oxygens (including phenoxy) is 1. The SMILES string of the molecule is COC(=O)CCc1coc(-c2ccc3c(c2)/C=C\c2ccccc2N(C(C)=O)C3)n1. The predicted octanol–water partition coefficient (Wildman–Crippen LogP) is 4.48. The van der Waals surface area contributed by atoms with Crippen molar-refractivity contribution in [2.24, 2.45) is 0 Å². The van der Waals surface area contributed by atoms with Gasteiger partial charge in [-0.05, 0) is 34.9 Å². The normalized spacial score (nSPS) is 13.6. The fourth-order valence-electron chi connectivity index (χ4n) is 3.50. The monoisotopic (exact) mass is 402 g/mol. The maximum atomic E-state index is 12.3. The van der Waals surface area contributed by atoms with Crippen LogP contribution in [-0.2, 0) is 27.3 Å². The topological polar surface area (TPSA) is 72.6 Å². The maximum Gasteiger partial charge on any atom is 0.305 e. The van der Waals surface area contributed by atoms with E-state index in [9.17, 15) is 9.59 Å². The van der Waals surface area contributed by atoms with E-state index in [1.54, 1.807) is 18.1 Å². The first kappa shape index (κ1) is 19.6. The first-order valence-corrected chi connectivity index (χ1v) is 9.75. The van der Waals surface area contributed by atoms with Crippen molar-refractivity contribution in [3.63, 3.8) is 0 Å². The van der Waals surface area contributed by atoms with Gasteiger partial charge in [0.05, 0.1) is 31.5 Å². The summed E-state index contributed by atoms with van der Waals surface area (Å²) in [6.45, 7) is 2.07. The fraction of sp³-hybridized carbons (Fsp3) is 0.208. The van der Waals surface area contributed by atoms with E-state index in [1.165, 1.54) is 7.11 Å². The van der Waals surface area contributed by atoms with Crippen LogP contribution in [0.15, 0.2) is 53.1 Å². The van der Waals surface area contributed by atoms with Gasteiger partial charge in [-0.3, -0.25) is 9.59 Å². The van der Waals surface area contributed by atoms with Gasteiger partial charge in [-0.1, -0.05) is 36.4 Å². The standard InChI is InChI=1S/C24H22N2O4/c1-16(27)26-14-20-10-9-19(24-25-21(15-30-24)11-12-23(28)29-2)13-18(20)8-7-17-5-3-4-6-22(17)26/h3-10,13,15H,11-12,14H2,1-2H3/b8-7-. The average molecular weight is 402 g/mol. The van der Waals surface area contributed by atoms with E-state index >= 15 is 0 Å². The lowest BCUT2D eigenvalue weighted by atomic mass is 9.99. The van der Waals surface area contributed by atoms with Gasteiger partial charge in [-0.25, -0.2) is 4.98 Å². The molecule has 0 aliphatic carbocycles. The zero-order valence-electron chi connectivity index (χ0n) is 16.9. The van der Waals surface area contributed by atoms with E-state index in [1.807, 2.05) is 48.5 Å². The number of aromatic nitrogens is 1. The van der Waals surface area contributed by atoms with Crippen LogP contribution < -0.4 is 4.90 Å². The van der Waals surface area contributed by atoms with Crippen molar-refractivity contribution in [1.29, 1.82) is 0 Å². The molecule has 152 valence electrons. The first-order valence-electron chi connectivity index (χ1n) is 9.75. The summed E-state index contributed by atoms with van der Waals surface area (Å²) in [5, 5.41) is 0. The van der Waals surface area contributed by atoms with E-state index in [0.29, 0.717) is 24.6 Å². The minimum absolute atomic E-state index is 0.00396. The molecule has 0 spiro atoms. The molecular formula is C24H22N2O4. The molecule has 3 aromatic rings. The largest absolute Gasteiger partial charge is 0.469 e. The Bertz CT molecular complexity index is 1130. The van der Waals surface area contributed by atoms with Crippen molar-refractivity contribution in [2.45, 2.75) is 26.3 Å². The van der Waals surface area contributed by atoms with Crippen LogP contribution in [0.1, 0.15) is 35.7 Å². The van der Waals surface area contributed by atoms with Crippen LogP contribution in [0.3, 0.4) is 0 Å². The smallest absolute Gasteiger partial charge is 0.305 e. The highest BCUT2D eigenvalue weighted by atomic mass is 16.5. The van der Waals surface area contributed by atoms with Gasteiger partial charge in [0.1, 0.15) is 6.26 Å². The van der Waals surface area contributed by atoms with Crippen LogP contribution in [-0.4, -0.2) is 24.0 Å². The zero-order valence-corrected chi connectivity index (χ0v) is 16.9. The second-order valence-electron chi connectivity index (χ2n) is 7.13. The van der Waals surface area contributed by atoms with Gasteiger partial charge in [-0.2, -0.15) is 0 Å². The number of aryl methyl sites for hydroxylation is 1. The Kier molecular flexibility index (Phi) is 5.48. The van der Waals surface area contributed by atoms with Gasteiger partial charge in [0.15, 0.2) is 0 Å².